The van der Waals surface area contributed by atoms with Crippen molar-refractivity contribution in [2.24, 2.45) is 0 Å². The minimum absolute atomic E-state index is 0.330. The molecular formula is C16H15ClF2N2S. The molecule has 2 nitrogen and oxygen atoms in total. The molecule has 0 saturated carbocycles. The van der Waals surface area contributed by atoms with Gasteiger partial charge >= 0.3 is 0 Å². The molecule has 0 bridgehead atoms. The molecule has 116 valence electrons. The molecule has 0 aliphatic carbocycles. The van der Waals surface area contributed by atoms with Crippen molar-refractivity contribution in [1.29, 1.82) is 0 Å². The summed E-state index contributed by atoms with van der Waals surface area (Å²) in [6.07, 6.45) is 0. The Kier molecular flexibility index (Phi) is 5.32. The molecule has 2 rings (SSSR count). The largest absolute Gasteiger partial charge is 0.356 e. The molecule has 1 atom stereocenters. The van der Waals surface area contributed by atoms with Crippen molar-refractivity contribution in [3.63, 3.8) is 0 Å². The fourth-order valence-corrected chi connectivity index (χ4v) is 2.44. The quantitative estimate of drug-likeness (QED) is 0.771. The number of rotatable bonds is 3. The highest BCUT2D eigenvalue weighted by molar-refractivity contribution is 7.80. The zero-order chi connectivity index (χ0) is 16.3. The number of hydrogen-bond acceptors (Lipinski definition) is 1. The normalized spacial score (nSPS) is 11.9. The maximum Gasteiger partial charge on any atom is 0.171 e. The highest BCUT2D eigenvalue weighted by atomic mass is 35.5. The van der Waals surface area contributed by atoms with E-state index in [1.165, 1.54) is 12.1 Å². The third kappa shape index (κ3) is 4.15. The summed E-state index contributed by atoms with van der Waals surface area (Å²) >= 11 is 11.2. The van der Waals surface area contributed by atoms with E-state index < -0.39 is 17.7 Å². The molecule has 0 radical (unpaired) electrons. The minimum atomic E-state index is -0.610. The molecule has 2 aromatic rings. The summed E-state index contributed by atoms with van der Waals surface area (Å²) in [6, 6.07) is 8.54. The van der Waals surface area contributed by atoms with Crippen molar-refractivity contribution in [3.8, 4) is 0 Å². The molecule has 0 spiro atoms. The molecule has 0 aromatic heterocycles. The van der Waals surface area contributed by atoms with Gasteiger partial charge in [-0.25, -0.2) is 8.78 Å². The molecule has 2 aromatic carbocycles. The Morgan fingerprint density at radius 3 is 2.55 bits per heavy atom. The fraction of sp³-hybridized carbons (Fsp3) is 0.188. The first-order chi connectivity index (χ1) is 10.4. The summed E-state index contributed by atoms with van der Waals surface area (Å²) in [5.41, 5.74) is 2.04. The van der Waals surface area contributed by atoms with Crippen molar-refractivity contribution < 1.29 is 8.78 Å². The number of aryl methyl sites for hydroxylation is 1. The number of anilines is 1. The predicted molar refractivity (Wildman–Crippen MR) is 90.3 cm³/mol. The summed E-state index contributed by atoms with van der Waals surface area (Å²) < 4.78 is 26.6. The van der Waals surface area contributed by atoms with Crippen LogP contribution in [0.3, 0.4) is 0 Å². The summed E-state index contributed by atoms with van der Waals surface area (Å²) in [5.74, 6) is -1.22. The molecule has 0 aliphatic rings. The molecular weight excluding hydrogens is 326 g/mol. The van der Waals surface area contributed by atoms with Gasteiger partial charge in [0.1, 0.15) is 11.6 Å². The Labute approximate surface area is 138 Å². The molecule has 0 amide bonds. The van der Waals surface area contributed by atoms with E-state index in [1.54, 1.807) is 13.0 Å². The summed E-state index contributed by atoms with van der Waals surface area (Å²) in [5, 5.41) is 6.89. The van der Waals surface area contributed by atoms with Gasteiger partial charge in [-0.05, 0) is 49.8 Å². The Hall–Kier alpha value is -1.72. The van der Waals surface area contributed by atoms with Crippen LogP contribution < -0.4 is 10.6 Å². The van der Waals surface area contributed by atoms with Crippen molar-refractivity contribution in [2.45, 2.75) is 19.9 Å². The highest BCUT2D eigenvalue weighted by Crippen LogP contribution is 2.21. The van der Waals surface area contributed by atoms with E-state index in [2.05, 4.69) is 10.6 Å². The van der Waals surface area contributed by atoms with Crippen LogP contribution in [0.15, 0.2) is 36.4 Å². The Bertz CT molecular complexity index is 707. The number of thiocarbonyl (C=S) groups is 1. The van der Waals surface area contributed by atoms with Crippen LogP contribution in [0.1, 0.15) is 24.1 Å². The smallest absolute Gasteiger partial charge is 0.171 e. The molecule has 22 heavy (non-hydrogen) atoms. The van der Waals surface area contributed by atoms with Crippen molar-refractivity contribution in [1.82, 2.24) is 5.32 Å². The van der Waals surface area contributed by atoms with Gasteiger partial charge in [-0.2, -0.15) is 0 Å². The summed E-state index contributed by atoms with van der Waals surface area (Å²) in [6.45, 7) is 3.65. The molecule has 2 N–H and O–H groups in total. The van der Waals surface area contributed by atoms with Gasteiger partial charge in [0.05, 0.1) is 6.04 Å². The number of benzene rings is 2. The average molecular weight is 341 g/mol. The first-order valence-electron chi connectivity index (χ1n) is 6.65. The third-order valence-corrected chi connectivity index (χ3v) is 3.83. The maximum atomic E-state index is 13.7. The SMILES string of the molecule is Cc1ccc(NC(=S)N[C@H](C)c2ccc(F)cc2F)cc1Cl. The monoisotopic (exact) mass is 340 g/mol. The second-order valence-electron chi connectivity index (χ2n) is 4.95. The van der Waals surface area contributed by atoms with Crippen LogP contribution in [0, 0.1) is 18.6 Å². The lowest BCUT2D eigenvalue weighted by Gasteiger charge is -2.18. The van der Waals surface area contributed by atoms with Crippen LogP contribution in [0.2, 0.25) is 5.02 Å². The van der Waals surface area contributed by atoms with Crippen LogP contribution in [-0.4, -0.2) is 5.11 Å². The number of nitrogens with one attached hydrogen (secondary N) is 2. The van der Waals surface area contributed by atoms with E-state index in [0.717, 1.165) is 17.3 Å². The van der Waals surface area contributed by atoms with Gasteiger partial charge < -0.3 is 10.6 Å². The Morgan fingerprint density at radius 1 is 1.18 bits per heavy atom. The van der Waals surface area contributed by atoms with Crippen molar-refractivity contribution >= 4 is 34.6 Å². The Morgan fingerprint density at radius 2 is 1.91 bits per heavy atom. The van der Waals surface area contributed by atoms with Gasteiger partial charge in [0.15, 0.2) is 5.11 Å². The van der Waals surface area contributed by atoms with E-state index in [1.807, 2.05) is 19.1 Å². The molecule has 6 heteroatoms. The van der Waals surface area contributed by atoms with Gasteiger partial charge in [0.2, 0.25) is 0 Å². The zero-order valence-electron chi connectivity index (χ0n) is 12.1. The highest BCUT2D eigenvalue weighted by Gasteiger charge is 2.13. The van der Waals surface area contributed by atoms with E-state index in [9.17, 15) is 8.78 Å². The second-order valence-corrected chi connectivity index (χ2v) is 5.77. The number of halogens is 3. The van der Waals surface area contributed by atoms with Crippen molar-refractivity contribution in [3.05, 3.63) is 64.2 Å². The summed E-state index contributed by atoms with van der Waals surface area (Å²) in [4.78, 5) is 0. The topological polar surface area (TPSA) is 24.1 Å². The molecule has 0 aliphatic heterocycles. The standard InChI is InChI=1S/C16H15ClF2N2S/c1-9-3-5-12(8-14(9)17)21-16(22)20-10(2)13-6-4-11(18)7-15(13)19/h3-8,10H,1-2H3,(H2,20,21,22)/t10-/m1/s1. The minimum Gasteiger partial charge on any atom is -0.356 e. The van der Waals surface area contributed by atoms with E-state index in [0.29, 0.717) is 15.7 Å². The third-order valence-electron chi connectivity index (χ3n) is 3.21. The van der Waals surface area contributed by atoms with Gasteiger partial charge in [-0.15, -0.1) is 0 Å². The Balaban J connectivity index is 2.03. The maximum absolute atomic E-state index is 13.7. The van der Waals surface area contributed by atoms with Crippen molar-refractivity contribution in [2.75, 3.05) is 5.32 Å². The van der Waals surface area contributed by atoms with Gasteiger partial charge in [0.25, 0.3) is 0 Å². The predicted octanol–water partition coefficient (Wildman–Crippen LogP) is 4.97. The zero-order valence-corrected chi connectivity index (χ0v) is 13.7. The average Bonchev–Trinajstić information content (AvgIpc) is 2.42. The van der Waals surface area contributed by atoms with Crippen LogP contribution in [0.4, 0.5) is 14.5 Å². The van der Waals surface area contributed by atoms with Crippen LogP contribution in [0.25, 0.3) is 0 Å². The van der Waals surface area contributed by atoms with E-state index >= 15 is 0 Å². The lowest BCUT2D eigenvalue weighted by molar-refractivity contribution is 0.554. The second kappa shape index (κ2) is 7.03. The number of hydrogen-bond donors (Lipinski definition) is 2. The van der Waals surface area contributed by atoms with Crippen LogP contribution in [0.5, 0.6) is 0 Å². The molecule has 0 fully saturated rings. The van der Waals surface area contributed by atoms with Gasteiger partial charge in [-0.3, -0.25) is 0 Å². The van der Waals surface area contributed by atoms with Gasteiger partial charge in [0, 0.05) is 22.3 Å². The first-order valence-corrected chi connectivity index (χ1v) is 7.44. The lowest BCUT2D eigenvalue weighted by atomic mass is 10.1. The molecule has 0 saturated heterocycles. The summed E-state index contributed by atoms with van der Waals surface area (Å²) in [7, 11) is 0. The fourth-order valence-electron chi connectivity index (χ4n) is 1.96. The lowest BCUT2D eigenvalue weighted by Crippen LogP contribution is -2.31. The van der Waals surface area contributed by atoms with E-state index in [-0.39, 0.29) is 0 Å². The van der Waals surface area contributed by atoms with Crippen LogP contribution in [-0.2, 0) is 0 Å². The van der Waals surface area contributed by atoms with E-state index in [4.69, 9.17) is 23.8 Å². The first kappa shape index (κ1) is 16.6. The molecule has 0 unspecified atom stereocenters. The van der Waals surface area contributed by atoms with Gasteiger partial charge in [-0.1, -0.05) is 23.7 Å². The molecule has 0 heterocycles. The van der Waals surface area contributed by atoms with Crippen LogP contribution >= 0.6 is 23.8 Å².